The van der Waals surface area contributed by atoms with Gasteiger partial charge in [-0.3, -0.25) is 4.79 Å². The third-order valence-corrected chi connectivity index (χ3v) is 4.81. The zero-order valence-corrected chi connectivity index (χ0v) is 14.7. The van der Waals surface area contributed by atoms with Gasteiger partial charge in [-0.25, -0.2) is 9.78 Å². The summed E-state index contributed by atoms with van der Waals surface area (Å²) in [4.78, 5) is 29.2. The molecule has 1 saturated heterocycles. The van der Waals surface area contributed by atoms with Crippen molar-refractivity contribution in [2.24, 2.45) is 5.92 Å². The summed E-state index contributed by atoms with van der Waals surface area (Å²) < 4.78 is 5.18. The molecule has 1 fully saturated rings. The fourth-order valence-electron chi connectivity index (χ4n) is 3.30. The standard InChI is InChI=1S/C20H22N2O4/c1-26-17-4-2-14(3-5-17)12-15-7-10-22(11-8-15)19(23)16-6-9-21-18(13-16)20(24)25/h2-6,9,13,15H,7-8,10-12H2,1H3,(H,24,25). The Morgan fingerprint density at radius 2 is 1.88 bits per heavy atom. The molecule has 0 spiro atoms. The van der Waals surface area contributed by atoms with E-state index in [1.165, 1.54) is 17.8 Å². The fourth-order valence-corrected chi connectivity index (χ4v) is 3.30. The number of carbonyl (C=O) groups is 2. The highest BCUT2D eigenvalue weighted by Crippen LogP contribution is 2.24. The van der Waals surface area contributed by atoms with Gasteiger partial charge in [0, 0.05) is 24.8 Å². The monoisotopic (exact) mass is 354 g/mol. The zero-order chi connectivity index (χ0) is 18.5. The van der Waals surface area contributed by atoms with Gasteiger partial charge in [0.05, 0.1) is 7.11 Å². The van der Waals surface area contributed by atoms with Crippen molar-refractivity contribution in [1.82, 2.24) is 9.88 Å². The van der Waals surface area contributed by atoms with Crippen molar-refractivity contribution >= 4 is 11.9 Å². The quantitative estimate of drug-likeness (QED) is 0.893. The summed E-state index contributed by atoms with van der Waals surface area (Å²) in [5.74, 6) is 0.141. The van der Waals surface area contributed by atoms with Crippen LogP contribution >= 0.6 is 0 Å². The Morgan fingerprint density at radius 1 is 1.19 bits per heavy atom. The third kappa shape index (κ3) is 4.20. The lowest BCUT2D eigenvalue weighted by Crippen LogP contribution is -2.39. The van der Waals surface area contributed by atoms with Crippen molar-refractivity contribution in [3.8, 4) is 5.75 Å². The highest BCUT2D eigenvalue weighted by Gasteiger charge is 2.24. The van der Waals surface area contributed by atoms with Gasteiger partial charge >= 0.3 is 5.97 Å². The second-order valence-corrected chi connectivity index (χ2v) is 6.52. The van der Waals surface area contributed by atoms with Gasteiger partial charge in [0.2, 0.25) is 0 Å². The normalized spacial score (nSPS) is 14.9. The van der Waals surface area contributed by atoms with Crippen LogP contribution in [0.15, 0.2) is 42.6 Å². The molecule has 6 nitrogen and oxygen atoms in total. The molecule has 26 heavy (non-hydrogen) atoms. The van der Waals surface area contributed by atoms with Crippen molar-refractivity contribution in [3.05, 3.63) is 59.4 Å². The summed E-state index contributed by atoms with van der Waals surface area (Å²) in [6.45, 7) is 1.37. The van der Waals surface area contributed by atoms with E-state index in [2.05, 4.69) is 17.1 Å². The first-order chi connectivity index (χ1) is 12.6. The number of amides is 1. The first-order valence-electron chi connectivity index (χ1n) is 8.68. The first kappa shape index (κ1) is 17.9. The second-order valence-electron chi connectivity index (χ2n) is 6.52. The number of carboxylic acid groups (broad SMARTS) is 1. The number of hydrogen-bond donors (Lipinski definition) is 1. The summed E-state index contributed by atoms with van der Waals surface area (Å²) in [5, 5.41) is 9.01. The molecule has 1 aliphatic rings. The molecule has 2 heterocycles. The molecular formula is C20H22N2O4. The Balaban J connectivity index is 1.56. The van der Waals surface area contributed by atoms with Crippen LogP contribution in [0.4, 0.5) is 0 Å². The van der Waals surface area contributed by atoms with Crippen LogP contribution in [-0.2, 0) is 6.42 Å². The molecule has 3 rings (SSSR count). The summed E-state index contributed by atoms with van der Waals surface area (Å²) >= 11 is 0. The van der Waals surface area contributed by atoms with Crippen LogP contribution in [0.25, 0.3) is 0 Å². The van der Waals surface area contributed by atoms with E-state index in [0.717, 1.165) is 25.0 Å². The predicted molar refractivity (Wildman–Crippen MR) is 96.5 cm³/mol. The van der Waals surface area contributed by atoms with Crippen LogP contribution < -0.4 is 4.74 Å². The molecule has 6 heteroatoms. The molecule has 1 N–H and O–H groups in total. The molecule has 0 saturated carbocycles. The molecule has 0 unspecified atom stereocenters. The van der Waals surface area contributed by atoms with Crippen molar-refractivity contribution in [2.75, 3.05) is 20.2 Å². The van der Waals surface area contributed by atoms with Gasteiger partial charge in [0.25, 0.3) is 5.91 Å². The Morgan fingerprint density at radius 3 is 2.50 bits per heavy atom. The van der Waals surface area contributed by atoms with Crippen molar-refractivity contribution < 1.29 is 19.4 Å². The first-order valence-corrected chi connectivity index (χ1v) is 8.68. The molecule has 1 aromatic carbocycles. The van der Waals surface area contributed by atoms with E-state index in [1.54, 1.807) is 18.1 Å². The number of pyridine rings is 1. The van der Waals surface area contributed by atoms with Gasteiger partial charge in [-0.15, -0.1) is 0 Å². The molecule has 0 radical (unpaired) electrons. The number of aromatic carboxylic acids is 1. The lowest BCUT2D eigenvalue weighted by molar-refractivity contribution is 0.0689. The molecule has 0 atom stereocenters. The number of rotatable bonds is 5. The number of piperidine rings is 1. The lowest BCUT2D eigenvalue weighted by Gasteiger charge is -2.32. The fraction of sp³-hybridized carbons (Fsp3) is 0.350. The minimum Gasteiger partial charge on any atom is -0.497 e. The molecule has 2 aromatic rings. The number of aromatic nitrogens is 1. The second kappa shape index (κ2) is 7.99. The number of carbonyl (C=O) groups excluding carboxylic acids is 1. The van der Waals surface area contributed by atoms with Gasteiger partial charge < -0.3 is 14.7 Å². The average molecular weight is 354 g/mol. The summed E-state index contributed by atoms with van der Waals surface area (Å²) in [7, 11) is 1.66. The van der Waals surface area contributed by atoms with Crippen LogP contribution in [0.5, 0.6) is 5.75 Å². The average Bonchev–Trinajstić information content (AvgIpc) is 2.68. The van der Waals surface area contributed by atoms with E-state index in [9.17, 15) is 9.59 Å². The zero-order valence-electron chi connectivity index (χ0n) is 14.7. The minimum absolute atomic E-state index is 0.106. The lowest BCUT2D eigenvalue weighted by atomic mass is 9.90. The number of benzene rings is 1. The Labute approximate surface area is 152 Å². The highest BCUT2D eigenvalue weighted by molar-refractivity contribution is 5.96. The molecular weight excluding hydrogens is 332 g/mol. The number of methoxy groups -OCH3 is 1. The van der Waals surface area contributed by atoms with Crippen LogP contribution in [0.1, 0.15) is 39.3 Å². The van der Waals surface area contributed by atoms with Gasteiger partial charge in [-0.2, -0.15) is 0 Å². The van der Waals surface area contributed by atoms with Gasteiger partial charge in [-0.1, -0.05) is 12.1 Å². The van der Waals surface area contributed by atoms with E-state index in [0.29, 0.717) is 24.6 Å². The number of carboxylic acids is 1. The largest absolute Gasteiger partial charge is 0.497 e. The molecule has 136 valence electrons. The third-order valence-electron chi connectivity index (χ3n) is 4.81. The highest BCUT2D eigenvalue weighted by atomic mass is 16.5. The Hall–Kier alpha value is -2.89. The molecule has 1 aromatic heterocycles. The van der Waals surface area contributed by atoms with E-state index < -0.39 is 5.97 Å². The van der Waals surface area contributed by atoms with E-state index >= 15 is 0 Å². The molecule has 1 aliphatic heterocycles. The van der Waals surface area contributed by atoms with Crippen LogP contribution in [0.2, 0.25) is 0 Å². The summed E-state index contributed by atoms with van der Waals surface area (Å²) in [6.07, 6.45) is 4.24. The Kier molecular flexibility index (Phi) is 5.51. The van der Waals surface area contributed by atoms with Crippen molar-refractivity contribution in [2.45, 2.75) is 19.3 Å². The summed E-state index contributed by atoms with van der Waals surface area (Å²) in [6, 6.07) is 11.0. The van der Waals surface area contributed by atoms with Crippen LogP contribution in [0, 0.1) is 5.92 Å². The number of hydrogen-bond acceptors (Lipinski definition) is 4. The van der Waals surface area contributed by atoms with Crippen LogP contribution in [-0.4, -0.2) is 47.1 Å². The SMILES string of the molecule is COc1ccc(CC2CCN(C(=O)c3ccnc(C(=O)O)c3)CC2)cc1. The van der Waals surface area contributed by atoms with E-state index in [-0.39, 0.29) is 11.6 Å². The number of ether oxygens (including phenoxy) is 1. The predicted octanol–water partition coefficient (Wildman–Crippen LogP) is 2.88. The van der Waals surface area contributed by atoms with E-state index in [4.69, 9.17) is 9.84 Å². The van der Waals surface area contributed by atoms with Crippen molar-refractivity contribution in [3.63, 3.8) is 0 Å². The maximum Gasteiger partial charge on any atom is 0.354 e. The van der Waals surface area contributed by atoms with Crippen LogP contribution in [0.3, 0.4) is 0 Å². The maximum absolute atomic E-state index is 12.6. The number of likely N-dealkylation sites (tertiary alicyclic amines) is 1. The molecule has 0 bridgehead atoms. The number of nitrogens with zero attached hydrogens (tertiary/aromatic N) is 2. The smallest absolute Gasteiger partial charge is 0.354 e. The molecule has 1 amide bonds. The van der Waals surface area contributed by atoms with Gasteiger partial charge in [0.1, 0.15) is 11.4 Å². The van der Waals surface area contributed by atoms with Crippen molar-refractivity contribution in [1.29, 1.82) is 0 Å². The summed E-state index contributed by atoms with van der Waals surface area (Å²) in [5.41, 5.74) is 1.55. The maximum atomic E-state index is 12.6. The van der Waals surface area contributed by atoms with Gasteiger partial charge in [-0.05, 0) is 55.0 Å². The molecule has 0 aliphatic carbocycles. The Bertz CT molecular complexity index is 781. The van der Waals surface area contributed by atoms with E-state index in [1.807, 2.05) is 12.1 Å². The topological polar surface area (TPSA) is 79.7 Å². The van der Waals surface area contributed by atoms with Gasteiger partial charge in [0.15, 0.2) is 0 Å². The minimum atomic E-state index is -1.13.